The minimum absolute atomic E-state index is 0.231. The maximum Gasteiger partial charge on any atom is 0.113 e. The number of ether oxygens (including phenoxy) is 1. The van der Waals surface area contributed by atoms with Crippen molar-refractivity contribution < 1.29 is 4.74 Å². The lowest BCUT2D eigenvalue weighted by molar-refractivity contribution is 0.139. The predicted molar refractivity (Wildman–Crippen MR) is 52.6 cm³/mol. The van der Waals surface area contributed by atoms with Gasteiger partial charge in [-0.2, -0.15) is 0 Å². The molecule has 1 aromatic heterocycles. The van der Waals surface area contributed by atoms with Crippen LogP contribution in [-0.4, -0.2) is 18.2 Å². The molecule has 0 amide bonds. The maximum atomic E-state index is 6.29. The summed E-state index contributed by atoms with van der Waals surface area (Å²) in [6, 6.07) is 0. The van der Waals surface area contributed by atoms with E-state index < -0.39 is 0 Å². The Hall–Kier alpha value is -0.450. The van der Waals surface area contributed by atoms with Crippen LogP contribution in [0.15, 0.2) is 11.6 Å². The smallest absolute Gasteiger partial charge is 0.113 e. The fourth-order valence-electron chi connectivity index (χ4n) is 1.65. The maximum absolute atomic E-state index is 6.29. The van der Waals surface area contributed by atoms with E-state index in [1.54, 1.807) is 11.3 Å². The minimum atomic E-state index is -0.231. The van der Waals surface area contributed by atoms with Gasteiger partial charge in [-0.15, -0.1) is 11.3 Å². The van der Waals surface area contributed by atoms with Crippen LogP contribution in [-0.2, 0) is 10.3 Å². The summed E-state index contributed by atoms with van der Waals surface area (Å²) in [5.41, 5.74) is 6.06. The highest BCUT2D eigenvalue weighted by molar-refractivity contribution is 7.09. The summed E-state index contributed by atoms with van der Waals surface area (Å²) < 4.78 is 5.38. The van der Waals surface area contributed by atoms with Crippen LogP contribution in [0.25, 0.3) is 0 Å². The molecule has 2 N–H and O–H groups in total. The number of thiazole rings is 1. The van der Waals surface area contributed by atoms with E-state index in [-0.39, 0.29) is 5.54 Å². The Balaban J connectivity index is 2.17. The van der Waals surface area contributed by atoms with Crippen molar-refractivity contribution in [3.05, 3.63) is 16.6 Å². The van der Waals surface area contributed by atoms with Gasteiger partial charge in [-0.25, -0.2) is 4.98 Å². The number of aromatic nitrogens is 1. The van der Waals surface area contributed by atoms with E-state index in [0.717, 1.165) is 37.5 Å². The van der Waals surface area contributed by atoms with Crippen LogP contribution in [0.2, 0.25) is 0 Å². The van der Waals surface area contributed by atoms with Crippen molar-refractivity contribution in [2.24, 2.45) is 5.73 Å². The zero-order valence-electron chi connectivity index (χ0n) is 7.53. The zero-order valence-corrected chi connectivity index (χ0v) is 8.35. The van der Waals surface area contributed by atoms with Gasteiger partial charge in [-0.1, -0.05) is 0 Å². The monoisotopic (exact) mass is 198 g/mol. The Labute approximate surface area is 81.9 Å². The van der Waals surface area contributed by atoms with E-state index in [9.17, 15) is 0 Å². The van der Waals surface area contributed by atoms with Gasteiger partial charge in [-0.3, -0.25) is 0 Å². The Morgan fingerprint density at radius 1 is 1.46 bits per heavy atom. The van der Waals surface area contributed by atoms with Crippen molar-refractivity contribution in [3.63, 3.8) is 0 Å². The van der Waals surface area contributed by atoms with Crippen molar-refractivity contribution in [1.29, 1.82) is 0 Å². The van der Waals surface area contributed by atoms with Crippen molar-refractivity contribution in [2.75, 3.05) is 13.2 Å². The topological polar surface area (TPSA) is 48.1 Å². The van der Waals surface area contributed by atoms with Crippen molar-refractivity contribution >= 4 is 11.3 Å². The van der Waals surface area contributed by atoms with Crippen LogP contribution in [0.4, 0.5) is 0 Å². The third-order valence-corrected chi connectivity index (χ3v) is 3.46. The van der Waals surface area contributed by atoms with Crippen molar-refractivity contribution in [1.82, 2.24) is 4.98 Å². The molecule has 72 valence electrons. The molecule has 1 saturated heterocycles. The van der Waals surface area contributed by atoms with Crippen LogP contribution < -0.4 is 5.73 Å². The molecule has 1 fully saturated rings. The van der Waals surface area contributed by atoms with E-state index in [2.05, 4.69) is 4.98 Å². The standard InChI is InChI=1S/C9H14N2OS/c10-9(8-11-4-7-13-8)2-1-5-12-6-3-9/h4,7H,1-3,5-6,10H2. The highest BCUT2D eigenvalue weighted by Crippen LogP contribution is 2.30. The first kappa shape index (κ1) is 9.12. The predicted octanol–water partition coefficient (Wildman–Crippen LogP) is 1.50. The molecule has 0 bridgehead atoms. The Kier molecular flexibility index (Phi) is 2.62. The highest BCUT2D eigenvalue weighted by atomic mass is 32.1. The average molecular weight is 198 g/mol. The molecule has 1 aromatic rings. The lowest BCUT2D eigenvalue weighted by atomic mass is 9.93. The summed E-state index contributed by atoms with van der Waals surface area (Å²) in [7, 11) is 0. The van der Waals surface area contributed by atoms with Crippen LogP contribution in [0.5, 0.6) is 0 Å². The molecule has 1 unspecified atom stereocenters. The molecule has 0 aromatic carbocycles. The number of hydrogen-bond donors (Lipinski definition) is 1. The zero-order chi connectivity index (χ0) is 9.15. The normalized spacial score (nSPS) is 29.9. The van der Waals surface area contributed by atoms with E-state index in [0.29, 0.717) is 0 Å². The van der Waals surface area contributed by atoms with E-state index in [1.165, 1.54) is 0 Å². The molecule has 1 aliphatic heterocycles. The van der Waals surface area contributed by atoms with Gasteiger partial charge in [0, 0.05) is 24.8 Å². The molecule has 0 aliphatic carbocycles. The van der Waals surface area contributed by atoms with Gasteiger partial charge in [-0.05, 0) is 19.3 Å². The van der Waals surface area contributed by atoms with Crippen LogP contribution in [0, 0.1) is 0 Å². The Morgan fingerprint density at radius 3 is 3.15 bits per heavy atom. The number of hydrogen-bond acceptors (Lipinski definition) is 4. The first-order valence-corrected chi connectivity index (χ1v) is 5.46. The second-order valence-corrected chi connectivity index (χ2v) is 4.35. The fraction of sp³-hybridized carbons (Fsp3) is 0.667. The molecule has 0 spiro atoms. The largest absolute Gasteiger partial charge is 0.381 e. The van der Waals surface area contributed by atoms with Crippen molar-refractivity contribution in [3.8, 4) is 0 Å². The molecular formula is C9H14N2OS. The van der Waals surface area contributed by atoms with Crippen LogP contribution in [0.3, 0.4) is 0 Å². The molecule has 0 saturated carbocycles. The summed E-state index contributed by atoms with van der Waals surface area (Å²) in [6.07, 6.45) is 4.73. The van der Waals surface area contributed by atoms with E-state index in [4.69, 9.17) is 10.5 Å². The third kappa shape index (κ3) is 1.90. The average Bonchev–Trinajstić information content (AvgIpc) is 2.57. The van der Waals surface area contributed by atoms with Gasteiger partial charge in [0.2, 0.25) is 0 Å². The molecule has 13 heavy (non-hydrogen) atoms. The first-order chi connectivity index (χ1) is 6.31. The first-order valence-electron chi connectivity index (χ1n) is 4.58. The fourth-order valence-corrected chi connectivity index (χ4v) is 2.47. The molecule has 0 radical (unpaired) electrons. The van der Waals surface area contributed by atoms with E-state index >= 15 is 0 Å². The van der Waals surface area contributed by atoms with E-state index in [1.807, 2.05) is 11.6 Å². The van der Waals surface area contributed by atoms with Gasteiger partial charge in [0.15, 0.2) is 0 Å². The number of nitrogens with two attached hydrogens (primary N) is 1. The molecule has 4 heteroatoms. The summed E-state index contributed by atoms with van der Waals surface area (Å²) in [5, 5.41) is 3.04. The van der Waals surface area contributed by atoms with Gasteiger partial charge in [0.05, 0.1) is 5.54 Å². The molecule has 2 heterocycles. The van der Waals surface area contributed by atoms with Crippen molar-refractivity contribution in [2.45, 2.75) is 24.8 Å². The quantitative estimate of drug-likeness (QED) is 0.744. The van der Waals surface area contributed by atoms with Gasteiger partial charge in [0.25, 0.3) is 0 Å². The molecule has 3 nitrogen and oxygen atoms in total. The molecular weight excluding hydrogens is 184 g/mol. The van der Waals surface area contributed by atoms with Gasteiger partial charge in [0.1, 0.15) is 5.01 Å². The number of nitrogens with zero attached hydrogens (tertiary/aromatic N) is 1. The lowest BCUT2D eigenvalue weighted by Gasteiger charge is -2.24. The molecule has 1 aliphatic rings. The molecule has 2 rings (SSSR count). The summed E-state index contributed by atoms with van der Waals surface area (Å²) in [5.74, 6) is 0. The second kappa shape index (κ2) is 3.74. The van der Waals surface area contributed by atoms with Crippen LogP contribution >= 0.6 is 11.3 Å². The minimum Gasteiger partial charge on any atom is -0.381 e. The summed E-state index contributed by atoms with van der Waals surface area (Å²) in [6.45, 7) is 1.60. The SMILES string of the molecule is NC1(c2nccs2)CCCOCC1. The Morgan fingerprint density at radius 2 is 2.38 bits per heavy atom. The molecule has 1 atom stereocenters. The number of rotatable bonds is 1. The Bertz CT molecular complexity index is 253. The van der Waals surface area contributed by atoms with Gasteiger partial charge >= 0.3 is 0 Å². The third-order valence-electron chi connectivity index (χ3n) is 2.46. The van der Waals surface area contributed by atoms with Crippen LogP contribution in [0.1, 0.15) is 24.3 Å². The summed E-state index contributed by atoms with van der Waals surface area (Å²) >= 11 is 1.65. The second-order valence-electron chi connectivity index (χ2n) is 3.46. The summed E-state index contributed by atoms with van der Waals surface area (Å²) in [4.78, 5) is 4.29. The highest BCUT2D eigenvalue weighted by Gasteiger charge is 2.30. The lowest BCUT2D eigenvalue weighted by Crippen LogP contribution is -2.36. The van der Waals surface area contributed by atoms with Gasteiger partial charge < -0.3 is 10.5 Å².